The van der Waals surface area contributed by atoms with Crippen LogP contribution in [-0.4, -0.2) is 10.8 Å². The number of carbonyl (C=O) groups is 1. The summed E-state index contributed by atoms with van der Waals surface area (Å²) in [6, 6.07) is 6.54. The Kier molecular flexibility index (Phi) is 3.32. The maximum atomic E-state index is 13.3. The molecule has 18 heavy (non-hydrogen) atoms. The zero-order valence-electron chi connectivity index (χ0n) is 9.48. The largest absolute Gasteiger partial charge is 0.436 e. The van der Waals surface area contributed by atoms with Gasteiger partial charge in [0.25, 0.3) is 0 Å². The van der Waals surface area contributed by atoms with Gasteiger partial charge >= 0.3 is 0 Å². The molecule has 0 saturated heterocycles. The van der Waals surface area contributed by atoms with Crippen LogP contribution in [0.5, 0.6) is 11.6 Å². The second-order valence-electron chi connectivity index (χ2n) is 3.60. The fourth-order valence-corrected chi connectivity index (χ4v) is 1.32. The molecule has 5 heteroatoms. The summed E-state index contributed by atoms with van der Waals surface area (Å²) in [7, 11) is 0. The number of hydrogen-bond acceptors (Lipinski definition) is 3. The molecule has 0 aliphatic rings. The van der Waals surface area contributed by atoms with E-state index in [0.717, 1.165) is 6.07 Å². The van der Waals surface area contributed by atoms with Gasteiger partial charge in [0.05, 0.1) is 0 Å². The van der Waals surface area contributed by atoms with Crippen molar-refractivity contribution < 1.29 is 18.3 Å². The topological polar surface area (TPSA) is 39.2 Å². The van der Waals surface area contributed by atoms with Crippen molar-refractivity contribution in [3.8, 4) is 11.6 Å². The molecule has 2 rings (SSSR count). The number of aromatic nitrogens is 1. The standard InChI is InChI=1S/C13H9F2NO2/c1-8(17)9-5-6-12(16-7-9)18-11-4-2-3-10(14)13(11)15/h2-7H,1H3. The van der Waals surface area contributed by atoms with Crippen LogP contribution < -0.4 is 4.74 Å². The van der Waals surface area contributed by atoms with Crippen molar-refractivity contribution in [3.63, 3.8) is 0 Å². The van der Waals surface area contributed by atoms with Crippen LogP contribution in [0.1, 0.15) is 17.3 Å². The molecule has 1 heterocycles. The molecular formula is C13H9F2NO2. The number of Topliss-reactive ketones (excluding diaryl/α,β-unsaturated/α-hetero) is 1. The Hall–Kier alpha value is -2.30. The van der Waals surface area contributed by atoms with Crippen molar-refractivity contribution in [2.24, 2.45) is 0 Å². The molecule has 0 fully saturated rings. The lowest BCUT2D eigenvalue weighted by Gasteiger charge is -2.06. The van der Waals surface area contributed by atoms with Gasteiger partial charge in [-0.25, -0.2) is 9.37 Å². The van der Waals surface area contributed by atoms with Gasteiger partial charge in [0, 0.05) is 17.8 Å². The van der Waals surface area contributed by atoms with Crippen molar-refractivity contribution in [1.82, 2.24) is 4.98 Å². The number of ketones is 1. The normalized spacial score (nSPS) is 10.2. The Morgan fingerprint density at radius 1 is 1.22 bits per heavy atom. The van der Waals surface area contributed by atoms with E-state index in [-0.39, 0.29) is 17.4 Å². The Labute approximate surface area is 102 Å². The summed E-state index contributed by atoms with van der Waals surface area (Å²) in [6.07, 6.45) is 1.31. The number of pyridine rings is 1. The Morgan fingerprint density at radius 2 is 2.00 bits per heavy atom. The van der Waals surface area contributed by atoms with Crippen LogP contribution in [0.3, 0.4) is 0 Å². The van der Waals surface area contributed by atoms with E-state index < -0.39 is 11.6 Å². The monoisotopic (exact) mass is 249 g/mol. The second-order valence-corrected chi connectivity index (χ2v) is 3.60. The van der Waals surface area contributed by atoms with Gasteiger partial charge in [0.15, 0.2) is 17.3 Å². The summed E-state index contributed by atoms with van der Waals surface area (Å²) in [5.74, 6) is -2.36. The van der Waals surface area contributed by atoms with Gasteiger partial charge in [-0.2, -0.15) is 4.39 Å². The third-order valence-electron chi connectivity index (χ3n) is 2.27. The molecule has 1 aromatic carbocycles. The molecule has 0 radical (unpaired) electrons. The van der Waals surface area contributed by atoms with E-state index in [1.165, 1.54) is 37.4 Å². The molecule has 0 amide bonds. The summed E-state index contributed by atoms with van der Waals surface area (Å²) in [5, 5.41) is 0. The fraction of sp³-hybridized carbons (Fsp3) is 0.0769. The highest BCUT2D eigenvalue weighted by Crippen LogP contribution is 2.24. The van der Waals surface area contributed by atoms with E-state index in [2.05, 4.69) is 4.98 Å². The molecule has 92 valence electrons. The van der Waals surface area contributed by atoms with Crippen LogP contribution in [0.4, 0.5) is 8.78 Å². The minimum Gasteiger partial charge on any atom is -0.436 e. The average molecular weight is 249 g/mol. The number of hydrogen-bond donors (Lipinski definition) is 0. The molecule has 0 aliphatic heterocycles. The van der Waals surface area contributed by atoms with E-state index in [4.69, 9.17) is 4.74 Å². The third kappa shape index (κ3) is 2.51. The van der Waals surface area contributed by atoms with E-state index in [9.17, 15) is 13.6 Å². The zero-order chi connectivity index (χ0) is 13.1. The Morgan fingerprint density at radius 3 is 2.61 bits per heavy atom. The van der Waals surface area contributed by atoms with Gasteiger partial charge in [-0.05, 0) is 25.1 Å². The lowest BCUT2D eigenvalue weighted by atomic mass is 10.2. The van der Waals surface area contributed by atoms with Gasteiger partial charge < -0.3 is 4.74 Å². The fourth-order valence-electron chi connectivity index (χ4n) is 1.32. The van der Waals surface area contributed by atoms with Crippen LogP contribution in [-0.2, 0) is 0 Å². The van der Waals surface area contributed by atoms with Crippen molar-refractivity contribution >= 4 is 5.78 Å². The Balaban J connectivity index is 2.24. The predicted octanol–water partition coefficient (Wildman–Crippen LogP) is 3.35. The van der Waals surface area contributed by atoms with Crippen LogP contribution in [0.15, 0.2) is 36.5 Å². The van der Waals surface area contributed by atoms with Crippen molar-refractivity contribution in [2.75, 3.05) is 0 Å². The zero-order valence-corrected chi connectivity index (χ0v) is 9.48. The molecule has 0 N–H and O–H groups in total. The van der Waals surface area contributed by atoms with E-state index in [0.29, 0.717) is 5.56 Å². The third-order valence-corrected chi connectivity index (χ3v) is 2.27. The number of nitrogens with zero attached hydrogens (tertiary/aromatic N) is 1. The highest BCUT2D eigenvalue weighted by atomic mass is 19.2. The lowest BCUT2D eigenvalue weighted by Crippen LogP contribution is -1.96. The smallest absolute Gasteiger partial charge is 0.219 e. The summed E-state index contributed by atoms with van der Waals surface area (Å²) < 4.78 is 31.3. The van der Waals surface area contributed by atoms with Gasteiger partial charge in [0.1, 0.15) is 0 Å². The van der Waals surface area contributed by atoms with Crippen molar-refractivity contribution in [2.45, 2.75) is 6.92 Å². The first-order valence-corrected chi connectivity index (χ1v) is 5.17. The molecule has 0 unspecified atom stereocenters. The maximum absolute atomic E-state index is 13.3. The first-order chi connectivity index (χ1) is 8.58. The first-order valence-electron chi connectivity index (χ1n) is 5.17. The minimum absolute atomic E-state index is 0.0875. The van der Waals surface area contributed by atoms with Gasteiger partial charge in [0.2, 0.25) is 11.7 Å². The van der Waals surface area contributed by atoms with Crippen molar-refractivity contribution in [3.05, 3.63) is 53.7 Å². The summed E-state index contributed by atoms with van der Waals surface area (Å²) in [6.45, 7) is 1.41. The van der Waals surface area contributed by atoms with E-state index in [1.807, 2.05) is 0 Å². The number of halogens is 2. The molecule has 2 aromatic rings. The lowest BCUT2D eigenvalue weighted by molar-refractivity contribution is 0.101. The van der Waals surface area contributed by atoms with E-state index in [1.54, 1.807) is 0 Å². The molecule has 0 aliphatic carbocycles. The number of ether oxygens (including phenoxy) is 1. The molecule has 3 nitrogen and oxygen atoms in total. The van der Waals surface area contributed by atoms with Crippen LogP contribution >= 0.6 is 0 Å². The summed E-state index contributed by atoms with van der Waals surface area (Å²) in [5.41, 5.74) is 0.419. The van der Waals surface area contributed by atoms with Crippen molar-refractivity contribution in [1.29, 1.82) is 0 Å². The highest BCUT2D eigenvalue weighted by molar-refractivity contribution is 5.93. The quantitative estimate of drug-likeness (QED) is 0.783. The molecular weight excluding hydrogens is 240 g/mol. The molecule has 1 aromatic heterocycles. The molecule has 0 saturated carbocycles. The molecule has 0 spiro atoms. The van der Waals surface area contributed by atoms with Crippen LogP contribution in [0.25, 0.3) is 0 Å². The maximum Gasteiger partial charge on any atom is 0.219 e. The SMILES string of the molecule is CC(=O)c1ccc(Oc2cccc(F)c2F)nc1. The number of rotatable bonds is 3. The molecule has 0 atom stereocenters. The minimum atomic E-state index is -1.07. The molecule has 0 bridgehead atoms. The Bertz CT molecular complexity index is 582. The average Bonchev–Trinajstić information content (AvgIpc) is 2.36. The van der Waals surface area contributed by atoms with E-state index >= 15 is 0 Å². The second kappa shape index (κ2) is 4.91. The van der Waals surface area contributed by atoms with Gasteiger partial charge in [-0.15, -0.1) is 0 Å². The van der Waals surface area contributed by atoms with Gasteiger partial charge in [-0.3, -0.25) is 4.79 Å². The summed E-state index contributed by atoms with van der Waals surface area (Å²) in [4.78, 5) is 14.9. The number of benzene rings is 1. The number of carbonyl (C=O) groups excluding carboxylic acids is 1. The predicted molar refractivity (Wildman–Crippen MR) is 60.7 cm³/mol. The van der Waals surface area contributed by atoms with Gasteiger partial charge in [-0.1, -0.05) is 6.07 Å². The van der Waals surface area contributed by atoms with Crippen LogP contribution in [0.2, 0.25) is 0 Å². The highest BCUT2D eigenvalue weighted by Gasteiger charge is 2.10. The summed E-state index contributed by atoms with van der Waals surface area (Å²) >= 11 is 0. The first kappa shape index (κ1) is 12.2. The van der Waals surface area contributed by atoms with Crippen LogP contribution in [0, 0.1) is 11.6 Å².